The molecule has 1 saturated carbocycles. The molecule has 0 aromatic carbocycles. The van der Waals surface area contributed by atoms with Gasteiger partial charge >= 0.3 is 11.9 Å². The van der Waals surface area contributed by atoms with Gasteiger partial charge in [0.25, 0.3) is 0 Å². The first-order valence-corrected chi connectivity index (χ1v) is 6.40. The molecule has 1 N–H and O–H groups in total. The Morgan fingerprint density at radius 2 is 1.89 bits per heavy atom. The summed E-state index contributed by atoms with van der Waals surface area (Å²) in [4.78, 5) is 23.0. The van der Waals surface area contributed by atoms with Crippen LogP contribution in [0.1, 0.15) is 38.5 Å². The van der Waals surface area contributed by atoms with Gasteiger partial charge in [-0.2, -0.15) is 5.26 Å². The Morgan fingerprint density at radius 3 is 2.37 bits per heavy atom. The Kier molecular flexibility index (Phi) is 5.77. The number of rotatable bonds is 5. The molecule has 0 aliphatic heterocycles. The lowest BCUT2D eigenvalue weighted by atomic mass is 9.82. The zero-order valence-electron chi connectivity index (χ0n) is 11.4. The summed E-state index contributed by atoms with van der Waals surface area (Å²) in [6, 6.07) is 1.41. The van der Waals surface area contributed by atoms with Crippen molar-refractivity contribution in [3.63, 3.8) is 0 Å². The molecular formula is C13H20N2O4. The van der Waals surface area contributed by atoms with Gasteiger partial charge in [0.15, 0.2) is 0 Å². The summed E-state index contributed by atoms with van der Waals surface area (Å²) < 4.78 is 9.23. The average Bonchev–Trinajstić information content (AvgIpc) is 2.46. The molecule has 0 amide bonds. The van der Waals surface area contributed by atoms with Crippen molar-refractivity contribution in [1.29, 1.82) is 5.26 Å². The summed E-state index contributed by atoms with van der Waals surface area (Å²) in [7, 11) is 2.52. The van der Waals surface area contributed by atoms with E-state index in [1.165, 1.54) is 14.2 Å². The molecule has 0 saturated heterocycles. The summed E-state index contributed by atoms with van der Waals surface area (Å²) in [6.07, 6.45) is 4.19. The smallest absolute Gasteiger partial charge is 0.323 e. The fourth-order valence-corrected chi connectivity index (χ4v) is 2.36. The second kappa shape index (κ2) is 7.10. The van der Waals surface area contributed by atoms with Crippen molar-refractivity contribution in [2.45, 2.75) is 50.1 Å². The molecule has 1 aliphatic carbocycles. The predicted octanol–water partition coefficient (Wildman–Crippen LogP) is 0.907. The Bertz CT molecular complexity index is 369. The van der Waals surface area contributed by atoms with Gasteiger partial charge in [-0.3, -0.25) is 14.9 Å². The van der Waals surface area contributed by atoms with Crippen molar-refractivity contribution in [2.75, 3.05) is 14.2 Å². The van der Waals surface area contributed by atoms with Crippen LogP contribution in [0.3, 0.4) is 0 Å². The van der Waals surface area contributed by atoms with Crippen molar-refractivity contribution >= 4 is 11.9 Å². The number of nitrogens with one attached hydrogen (secondary N) is 1. The van der Waals surface area contributed by atoms with Gasteiger partial charge in [0, 0.05) is 0 Å². The summed E-state index contributed by atoms with van der Waals surface area (Å²) in [6.45, 7) is 0. The van der Waals surface area contributed by atoms with E-state index in [-0.39, 0.29) is 6.42 Å². The maximum absolute atomic E-state index is 11.7. The second-order valence-corrected chi connectivity index (χ2v) is 4.75. The van der Waals surface area contributed by atoms with E-state index < -0.39 is 23.5 Å². The van der Waals surface area contributed by atoms with Crippen LogP contribution >= 0.6 is 0 Å². The van der Waals surface area contributed by atoms with Gasteiger partial charge in [0.05, 0.1) is 26.7 Å². The van der Waals surface area contributed by atoms with Crippen molar-refractivity contribution in [1.82, 2.24) is 5.32 Å². The van der Waals surface area contributed by atoms with Crippen molar-refractivity contribution in [3.8, 4) is 6.07 Å². The van der Waals surface area contributed by atoms with Crippen molar-refractivity contribution in [3.05, 3.63) is 0 Å². The molecule has 0 aromatic rings. The summed E-state index contributed by atoms with van der Waals surface area (Å²) >= 11 is 0. The molecule has 1 atom stereocenters. The second-order valence-electron chi connectivity index (χ2n) is 4.75. The maximum Gasteiger partial charge on any atom is 0.323 e. The number of carbonyl (C=O) groups excluding carboxylic acids is 2. The number of esters is 2. The molecular weight excluding hydrogens is 248 g/mol. The number of carbonyl (C=O) groups is 2. The van der Waals surface area contributed by atoms with Gasteiger partial charge in [-0.15, -0.1) is 0 Å². The van der Waals surface area contributed by atoms with Gasteiger partial charge in [-0.05, 0) is 12.8 Å². The highest BCUT2D eigenvalue weighted by atomic mass is 16.5. The van der Waals surface area contributed by atoms with Crippen LogP contribution in [-0.2, 0) is 19.1 Å². The highest BCUT2D eigenvalue weighted by molar-refractivity contribution is 5.82. The standard InChI is InChI=1S/C13H20N2O4/c1-18-11(16)8-10(12(17)19-2)15-13(9-14)6-4-3-5-7-13/h10,15H,3-8H2,1-2H3. The van der Waals surface area contributed by atoms with Crippen LogP contribution in [-0.4, -0.2) is 37.7 Å². The Morgan fingerprint density at radius 1 is 1.26 bits per heavy atom. The van der Waals surface area contributed by atoms with E-state index in [4.69, 9.17) is 0 Å². The summed E-state index contributed by atoms with van der Waals surface area (Å²) in [5.74, 6) is -1.06. The normalized spacial score (nSPS) is 19.0. The van der Waals surface area contributed by atoms with E-state index in [1.54, 1.807) is 0 Å². The molecule has 19 heavy (non-hydrogen) atoms. The number of ether oxygens (including phenoxy) is 2. The highest BCUT2D eigenvalue weighted by Gasteiger charge is 2.37. The van der Waals surface area contributed by atoms with Crippen LogP contribution in [0, 0.1) is 11.3 Å². The van der Waals surface area contributed by atoms with Crippen LogP contribution < -0.4 is 5.32 Å². The minimum atomic E-state index is -0.838. The molecule has 0 bridgehead atoms. The monoisotopic (exact) mass is 268 g/mol. The SMILES string of the molecule is COC(=O)CC(NC1(C#N)CCCCC1)C(=O)OC. The topological polar surface area (TPSA) is 88.4 Å². The highest BCUT2D eigenvalue weighted by Crippen LogP contribution is 2.28. The molecule has 6 nitrogen and oxygen atoms in total. The molecule has 0 aromatic heterocycles. The van der Waals surface area contributed by atoms with Crippen molar-refractivity contribution in [2.24, 2.45) is 0 Å². The Balaban J connectivity index is 2.77. The van der Waals surface area contributed by atoms with Gasteiger partial charge in [0.1, 0.15) is 11.6 Å². The van der Waals surface area contributed by atoms with Gasteiger partial charge < -0.3 is 9.47 Å². The lowest BCUT2D eigenvalue weighted by Crippen LogP contribution is -2.54. The quantitative estimate of drug-likeness (QED) is 0.745. The van der Waals surface area contributed by atoms with Gasteiger partial charge in [-0.1, -0.05) is 19.3 Å². The zero-order valence-corrected chi connectivity index (χ0v) is 11.4. The maximum atomic E-state index is 11.7. The molecule has 1 unspecified atom stereocenters. The van der Waals surface area contributed by atoms with Crippen LogP contribution in [0.25, 0.3) is 0 Å². The third-order valence-corrected chi connectivity index (χ3v) is 3.46. The molecule has 1 rings (SSSR count). The minimum Gasteiger partial charge on any atom is -0.469 e. The third-order valence-electron chi connectivity index (χ3n) is 3.46. The van der Waals surface area contributed by atoms with Crippen LogP contribution in [0.2, 0.25) is 0 Å². The van der Waals surface area contributed by atoms with Crippen LogP contribution in [0.4, 0.5) is 0 Å². The van der Waals surface area contributed by atoms with Crippen molar-refractivity contribution < 1.29 is 19.1 Å². The first-order chi connectivity index (χ1) is 9.06. The molecule has 1 aliphatic rings. The van der Waals surface area contributed by atoms with Crippen LogP contribution in [0.5, 0.6) is 0 Å². The molecule has 0 spiro atoms. The van der Waals surface area contributed by atoms with E-state index in [2.05, 4.69) is 20.9 Å². The number of hydrogen-bond acceptors (Lipinski definition) is 6. The minimum absolute atomic E-state index is 0.132. The Hall–Kier alpha value is -1.61. The molecule has 106 valence electrons. The van der Waals surface area contributed by atoms with Gasteiger partial charge in [-0.25, -0.2) is 0 Å². The zero-order chi connectivity index (χ0) is 14.3. The number of nitriles is 1. The summed E-state index contributed by atoms with van der Waals surface area (Å²) in [5.41, 5.74) is -0.745. The Labute approximate surface area is 113 Å². The fraction of sp³-hybridized carbons (Fsp3) is 0.769. The van der Waals surface area contributed by atoms with E-state index in [1.807, 2.05) is 0 Å². The lowest BCUT2D eigenvalue weighted by molar-refractivity contribution is -0.150. The van der Waals surface area contributed by atoms with E-state index in [0.717, 1.165) is 19.3 Å². The molecule has 0 heterocycles. The lowest BCUT2D eigenvalue weighted by Gasteiger charge is -2.34. The third kappa shape index (κ3) is 4.21. The first-order valence-electron chi connectivity index (χ1n) is 6.40. The fourth-order valence-electron chi connectivity index (χ4n) is 2.36. The number of nitrogens with zero attached hydrogens (tertiary/aromatic N) is 1. The molecule has 0 radical (unpaired) electrons. The largest absolute Gasteiger partial charge is 0.469 e. The predicted molar refractivity (Wildman–Crippen MR) is 67.0 cm³/mol. The van der Waals surface area contributed by atoms with Gasteiger partial charge in [0.2, 0.25) is 0 Å². The van der Waals surface area contributed by atoms with E-state index in [0.29, 0.717) is 12.8 Å². The molecule has 6 heteroatoms. The molecule has 1 fully saturated rings. The first kappa shape index (κ1) is 15.4. The van der Waals surface area contributed by atoms with E-state index >= 15 is 0 Å². The average molecular weight is 268 g/mol. The van der Waals surface area contributed by atoms with E-state index in [9.17, 15) is 14.9 Å². The number of hydrogen-bond donors (Lipinski definition) is 1. The summed E-state index contributed by atoms with van der Waals surface area (Å²) in [5, 5.41) is 12.4. The number of methoxy groups -OCH3 is 2. The van der Waals surface area contributed by atoms with Crippen LogP contribution in [0.15, 0.2) is 0 Å².